The van der Waals surface area contributed by atoms with Gasteiger partial charge in [0.2, 0.25) is 5.91 Å². The van der Waals surface area contributed by atoms with Crippen molar-refractivity contribution in [3.05, 3.63) is 69.8 Å². The van der Waals surface area contributed by atoms with Crippen LogP contribution in [0.1, 0.15) is 43.4 Å². The van der Waals surface area contributed by atoms with Crippen molar-refractivity contribution in [2.75, 3.05) is 0 Å². The molecule has 0 radical (unpaired) electrons. The maximum Gasteiger partial charge on any atom is 0.220 e. The van der Waals surface area contributed by atoms with Gasteiger partial charge in [0, 0.05) is 28.6 Å². The molecule has 1 atom stereocenters. The molecule has 0 unspecified atom stereocenters. The number of halogens is 2. The standard InChI is InChI=1S/C21H20Cl2N2O2/c1-2-3-10-18(26)25-19(13-7-4-5-9-16(13)22)15-12-17(23)14-8-6-11-24-20(14)21(15)27/h4-9,11-12,19,27H,2-3,10H2,1H3,(H,25,26)/t19-/m0/s1. The summed E-state index contributed by atoms with van der Waals surface area (Å²) in [6.07, 6.45) is 3.69. The van der Waals surface area contributed by atoms with Crippen LogP contribution in [0.2, 0.25) is 10.0 Å². The molecule has 4 nitrogen and oxygen atoms in total. The van der Waals surface area contributed by atoms with Crippen molar-refractivity contribution in [3.63, 3.8) is 0 Å². The molecule has 0 aliphatic rings. The molecular weight excluding hydrogens is 383 g/mol. The summed E-state index contributed by atoms with van der Waals surface area (Å²) in [6, 6.07) is 11.8. The normalized spacial score (nSPS) is 12.1. The van der Waals surface area contributed by atoms with Crippen LogP contribution in [0.25, 0.3) is 10.9 Å². The molecule has 0 saturated heterocycles. The monoisotopic (exact) mass is 402 g/mol. The first-order valence-electron chi connectivity index (χ1n) is 8.82. The highest BCUT2D eigenvalue weighted by atomic mass is 35.5. The predicted molar refractivity (Wildman–Crippen MR) is 109 cm³/mol. The zero-order chi connectivity index (χ0) is 19.4. The number of aromatic hydroxyl groups is 1. The van der Waals surface area contributed by atoms with E-state index in [-0.39, 0.29) is 11.7 Å². The van der Waals surface area contributed by atoms with Gasteiger partial charge >= 0.3 is 0 Å². The Hall–Kier alpha value is -2.30. The van der Waals surface area contributed by atoms with E-state index in [9.17, 15) is 9.90 Å². The second-order valence-electron chi connectivity index (χ2n) is 6.32. The number of hydrogen-bond acceptors (Lipinski definition) is 3. The van der Waals surface area contributed by atoms with Crippen LogP contribution in [0.4, 0.5) is 0 Å². The fourth-order valence-corrected chi connectivity index (χ4v) is 3.54. The van der Waals surface area contributed by atoms with Crippen LogP contribution >= 0.6 is 23.2 Å². The Balaban J connectivity index is 2.13. The minimum Gasteiger partial charge on any atom is -0.505 e. The molecule has 0 bridgehead atoms. The van der Waals surface area contributed by atoms with Gasteiger partial charge in [-0.1, -0.05) is 54.7 Å². The molecule has 2 aromatic carbocycles. The first-order valence-corrected chi connectivity index (χ1v) is 9.58. The average Bonchev–Trinajstić information content (AvgIpc) is 2.68. The molecule has 3 rings (SSSR count). The highest BCUT2D eigenvalue weighted by Gasteiger charge is 2.24. The minimum absolute atomic E-state index is 0.0179. The zero-order valence-electron chi connectivity index (χ0n) is 14.9. The summed E-state index contributed by atoms with van der Waals surface area (Å²) in [4.78, 5) is 16.7. The summed E-state index contributed by atoms with van der Waals surface area (Å²) in [6.45, 7) is 2.03. The summed E-state index contributed by atoms with van der Waals surface area (Å²) in [7, 11) is 0. The molecule has 0 spiro atoms. The van der Waals surface area contributed by atoms with Gasteiger partial charge in [0.05, 0.1) is 11.1 Å². The molecule has 1 aromatic heterocycles. The molecule has 0 saturated carbocycles. The van der Waals surface area contributed by atoms with E-state index >= 15 is 0 Å². The summed E-state index contributed by atoms with van der Waals surface area (Å²) in [5, 5.41) is 15.5. The Morgan fingerprint density at radius 2 is 1.93 bits per heavy atom. The third kappa shape index (κ3) is 4.18. The number of aromatic nitrogens is 1. The van der Waals surface area contributed by atoms with Crippen molar-refractivity contribution in [1.29, 1.82) is 0 Å². The van der Waals surface area contributed by atoms with Crippen molar-refractivity contribution in [2.24, 2.45) is 0 Å². The number of phenolic OH excluding ortho intramolecular Hbond substituents is 1. The second-order valence-corrected chi connectivity index (χ2v) is 7.14. The molecule has 6 heteroatoms. The number of benzene rings is 2. The number of nitrogens with zero attached hydrogens (tertiary/aromatic N) is 1. The molecule has 27 heavy (non-hydrogen) atoms. The van der Waals surface area contributed by atoms with Gasteiger partial charge in [-0.05, 0) is 36.2 Å². The molecule has 140 valence electrons. The first-order chi connectivity index (χ1) is 13.0. The molecular formula is C21H20Cl2N2O2. The van der Waals surface area contributed by atoms with Crippen molar-refractivity contribution < 1.29 is 9.90 Å². The van der Waals surface area contributed by atoms with Crippen LogP contribution < -0.4 is 5.32 Å². The minimum atomic E-state index is -0.632. The fourth-order valence-electron chi connectivity index (χ4n) is 3.03. The van der Waals surface area contributed by atoms with E-state index in [4.69, 9.17) is 23.2 Å². The first kappa shape index (κ1) is 19.5. The van der Waals surface area contributed by atoms with E-state index in [1.165, 1.54) is 0 Å². The van der Waals surface area contributed by atoms with E-state index in [0.29, 0.717) is 38.5 Å². The van der Waals surface area contributed by atoms with Gasteiger partial charge in [-0.2, -0.15) is 0 Å². The number of hydrogen-bond donors (Lipinski definition) is 2. The Kier molecular flexibility index (Phi) is 6.19. The number of carbonyl (C=O) groups excluding carboxylic acids is 1. The van der Waals surface area contributed by atoms with Crippen molar-refractivity contribution in [3.8, 4) is 5.75 Å². The number of nitrogens with one attached hydrogen (secondary N) is 1. The highest BCUT2D eigenvalue weighted by molar-refractivity contribution is 6.35. The Labute approximate surface area is 168 Å². The van der Waals surface area contributed by atoms with Gasteiger partial charge in [0.25, 0.3) is 0 Å². The quantitative estimate of drug-likeness (QED) is 0.560. The molecule has 0 aliphatic carbocycles. The lowest BCUT2D eigenvalue weighted by atomic mass is 9.95. The molecule has 2 N–H and O–H groups in total. The van der Waals surface area contributed by atoms with Gasteiger partial charge in [0.15, 0.2) is 0 Å². The van der Waals surface area contributed by atoms with Crippen LogP contribution in [0.3, 0.4) is 0 Å². The number of amides is 1. The lowest BCUT2D eigenvalue weighted by Crippen LogP contribution is -2.29. The van der Waals surface area contributed by atoms with Gasteiger partial charge in [-0.15, -0.1) is 0 Å². The molecule has 3 aromatic rings. The highest BCUT2D eigenvalue weighted by Crippen LogP contribution is 2.39. The third-order valence-electron chi connectivity index (χ3n) is 4.43. The van der Waals surface area contributed by atoms with Gasteiger partial charge < -0.3 is 10.4 Å². The van der Waals surface area contributed by atoms with E-state index in [2.05, 4.69) is 10.3 Å². The predicted octanol–water partition coefficient (Wildman–Crippen LogP) is 5.64. The number of phenols is 1. The Morgan fingerprint density at radius 1 is 1.15 bits per heavy atom. The number of rotatable bonds is 6. The number of pyridine rings is 1. The fraction of sp³-hybridized carbons (Fsp3) is 0.238. The van der Waals surface area contributed by atoms with Crippen LogP contribution in [0, 0.1) is 0 Å². The lowest BCUT2D eigenvalue weighted by Gasteiger charge is -2.23. The molecule has 1 heterocycles. The van der Waals surface area contributed by atoms with Crippen molar-refractivity contribution in [2.45, 2.75) is 32.2 Å². The summed E-state index contributed by atoms with van der Waals surface area (Å²) in [5.74, 6) is -0.130. The Bertz CT molecular complexity index is 976. The van der Waals surface area contributed by atoms with E-state index in [0.717, 1.165) is 12.8 Å². The van der Waals surface area contributed by atoms with Gasteiger partial charge in [-0.25, -0.2) is 0 Å². The number of fused-ring (bicyclic) bond motifs is 1. The van der Waals surface area contributed by atoms with Crippen molar-refractivity contribution >= 4 is 40.0 Å². The summed E-state index contributed by atoms with van der Waals surface area (Å²) >= 11 is 12.8. The topological polar surface area (TPSA) is 62.2 Å². The largest absolute Gasteiger partial charge is 0.505 e. The maximum atomic E-state index is 12.4. The SMILES string of the molecule is CCCCC(=O)N[C@@H](c1ccccc1Cl)c1cc(Cl)c2cccnc2c1O. The lowest BCUT2D eigenvalue weighted by molar-refractivity contribution is -0.121. The number of carbonyl (C=O) groups is 1. The average molecular weight is 403 g/mol. The third-order valence-corrected chi connectivity index (χ3v) is 5.09. The van der Waals surface area contributed by atoms with E-state index in [1.54, 1.807) is 30.5 Å². The van der Waals surface area contributed by atoms with Crippen LogP contribution in [0.15, 0.2) is 48.7 Å². The molecule has 1 amide bonds. The summed E-state index contributed by atoms with van der Waals surface area (Å²) < 4.78 is 0. The molecule has 0 fully saturated rings. The zero-order valence-corrected chi connectivity index (χ0v) is 16.4. The van der Waals surface area contributed by atoms with Crippen LogP contribution in [-0.4, -0.2) is 16.0 Å². The number of unbranched alkanes of at least 4 members (excludes halogenated alkanes) is 1. The van der Waals surface area contributed by atoms with Crippen molar-refractivity contribution in [1.82, 2.24) is 10.3 Å². The Morgan fingerprint density at radius 3 is 2.67 bits per heavy atom. The van der Waals surface area contributed by atoms with Gasteiger partial charge in [0.1, 0.15) is 11.3 Å². The van der Waals surface area contributed by atoms with E-state index < -0.39 is 6.04 Å². The smallest absolute Gasteiger partial charge is 0.220 e. The molecule has 0 aliphatic heterocycles. The van der Waals surface area contributed by atoms with Crippen LogP contribution in [0.5, 0.6) is 5.75 Å². The van der Waals surface area contributed by atoms with Gasteiger partial charge in [-0.3, -0.25) is 9.78 Å². The second kappa shape index (κ2) is 8.59. The van der Waals surface area contributed by atoms with E-state index in [1.807, 2.05) is 25.1 Å². The maximum absolute atomic E-state index is 12.4. The van der Waals surface area contributed by atoms with Crippen LogP contribution in [-0.2, 0) is 4.79 Å². The summed E-state index contributed by atoms with van der Waals surface area (Å²) in [5.41, 5.74) is 1.54.